The zero-order valence-electron chi connectivity index (χ0n) is 11.0. The number of hydrogen-bond acceptors (Lipinski definition) is 7. The van der Waals surface area contributed by atoms with Gasteiger partial charge in [-0.15, -0.1) is 0 Å². The maximum atomic E-state index is 11.2. The zero-order valence-corrected chi connectivity index (χ0v) is 11.0. The van der Waals surface area contributed by atoms with Crippen LogP contribution in [0.3, 0.4) is 0 Å². The number of ether oxygens (including phenoxy) is 1. The first-order valence-corrected chi connectivity index (χ1v) is 6.17. The molecule has 0 saturated carbocycles. The van der Waals surface area contributed by atoms with Gasteiger partial charge in [0, 0.05) is 26.7 Å². The number of nitrogens with zero attached hydrogens (tertiary/aromatic N) is 4. The highest BCUT2D eigenvalue weighted by Gasteiger charge is 2.28. The van der Waals surface area contributed by atoms with Crippen molar-refractivity contribution in [3.63, 3.8) is 0 Å². The van der Waals surface area contributed by atoms with Gasteiger partial charge in [-0.25, -0.2) is 9.97 Å². The highest BCUT2D eigenvalue weighted by Crippen LogP contribution is 2.32. The fourth-order valence-corrected chi connectivity index (χ4v) is 2.14. The molecule has 1 N–H and O–H groups in total. The van der Waals surface area contributed by atoms with Gasteiger partial charge < -0.3 is 15.0 Å². The van der Waals surface area contributed by atoms with Crippen LogP contribution in [0.5, 0.6) is 0 Å². The van der Waals surface area contributed by atoms with Gasteiger partial charge in [-0.2, -0.15) is 0 Å². The van der Waals surface area contributed by atoms with Crippen molar-refractivity contribution < 1.29 is 9.66 Å². The summed E-state index contributed by atoms with van der Waals surface area (Å²) in [6.07, 6.45) is 2.18. The van der Waals surface area contributed by atoms with Crippen LogP contribution in [0.25, 0.3) is 0 Å². The molecule has 0 bridgehead atoms. The van der Waals surface area contributed by atoms with E-state index in [4.69, 9.17) is 4.74 Å². The van der Waals surface area contributed by atoms with E-state index in [1.807, 2.05) is 11.8 Å². The number of hydrogen-bond donors (Lipinski definition) is 1. The van der Waals surface area contributed by atoms with Crippen molar-refractivity contribution in [2.45, 2.75) is 19.4 Å². The topological polar surface area (TPSA) is 93.4 Å². The van der Waals surface area contributed by atoms with Crippen molar-refractivity contribution in [3.8, 4) is 0 Å². The average Bonchev–Trinajstić information content (AvgIpc) is 2.62. The molecule has 104 valence electrons. The molecule has 0 radical (unpaired) electrons. The second kappa shape index (κ2) is 5.79. The molecule has 2 rings (SSSR count). The Morgan fingerprint density at radius 3 is 3.05 bits per heavy atom. The van der Waals surface area contributed by atoms with Gasteiger partial charge in [0.2, 0.25) is 11.6 Å². The monoisotopic (exact) mass is 267 g/mol. The predicted molar refractivity (Wildman–Crippen MR) is 70.5 cm³/mol. The minimum atomic E-state index is -0.447. The molecule has 1 saturated heterocycles. The SMILES string of the molecule is CNc1ncnc(N2CCCOC(C)C2)c1[N+](=O)[O-]. The Morgan fingerprint density at radius 1 is 1.58 bits per heavy atom. The Balaban J connectivity index is 2.40. The Hall–Kier alpha value is -1.96. The van der Waals surface area contributed by atoms with Gasteiger partial charge in [-0.3, -0.25) is 10.1 Å². The van der Waals surface area contributed by atoms with E-state index in [-0.39, 0.29) is 17.6 Å². The lowest BCUT2D eigenvalue weighted by Crippen LogP contribution is -2.31. The van der Waals surface area contributed by atoms with Crippen molar-refractivity contribution in [3.05, 3.63) is 16.4 Å². The fraction of sp³-hybridized carbons (Fsp3) is 0.636. The Kier molecular flexibility index (Phi) is 4.10. The summed E-state index contributed by atoms with van der Waals surface area (Å²) in [7, 11) is 1.60. The van der Waals surface area contributed by atoms with E-state index in [1.54, 1.807) is 7.05 Å². The van der Waals surface area contributed by atoms with E-state index >= 15 is 0 Å². The number of aromatic nitrogens is 2. The van der Waals surface area contributed by atoms with Gasteiger partial charge in [0.05, 0.1) is 11.0 Å². The van der Waals surface area contributed by atoms with Crippen LogP contribution in [0, 0.1) is 10.1 Å². The summed E-state index contributed by atoms with van der Waals surface area (Å²) >= 11 is 0. The normalized spacial score (nSPS) is 19.9. The molecule has 19 heavy (non-hydrogen) atoms. The molecule has 1 aliphatic rings. The van der Waals surface area contributed by atoms with Crippen LogP contribution in [0.1, 0.15) is 13.3 Å². The van der Waals surface area contributed by atoms with Crippen molar-refractivity contribution >= 4 is 17.3 Å². The third-order valence-corrected chi connectivity index (χ3v) is 2.97. The molecule has 2 heterocycles. The van der Waals surface area contributed by atoms with Gasteiger partial charge in [-0.1, -0.05) is 0 Å². The Bertz CT molecular complexity index is 468. The molecule has 8 nitrogen and oxygen atoms in total. The third-order valence-electron chi connectivity index (χ3n) is 2.97. The van der Waals surface area contributed by atoms with Crippen molar-refractivity contribution in [1.29, 1.82) is 0 Å². The van der Waals surface area contributed by atoms with Gasteiger partial charge in [0.1, 0.15) is 6.33 Å². The van der Waals surface area contributed by atoms with Crippen molar-refractivity contribution in [2.24, 2.45) is 0 Å². The molecular weight excluding hydrogens is 250 g/mol. The summed E-state index contributed by atoms with van der Waals surface area (Å²) in [5.74, 6) is 0.578. The summed E-state index contributed by atoms with van der Waals surface area (Å²) in [5.41, 5.74) is -0.0842. The lowest BCUT2D eigenvalue weighted by Gasteiger charge is -2.22. The maximum absolute atomic E-state index is 11.2. The molecule has 8 heteroatoms. The molecule has 0 amide bonds. The van der Waals surface area contributed by atoms with Gasteiger partial charge in [-0.05, 0) is 13.3 Å². The molecule has 1 unspecified atom stereocenters. The molecule has 1 fully saturated rings. The lowest BCUT2D eigenvalue weighted by molar-refractivity contribution is -0.383. The molecule has 1 aliphatic heterocycles. The van der Waals surface area contributed by atoms with Crippen molar-refractivity contribution in [1.82, 2.24) is 9.97 Å². The van der Waals surface area contributed by atoms with E-state index in [9.17, 15) is 10.1 Å². The number of anilines is 2. The fourth-order valence-electron chi connectivity index (χ4n) is 2.14. The number of rotatable bonds is 3. The first kappa shape index (κ1) is 13.5. The summed E-state index contributed by atoms with van der Waals surface area (Å²) in [6.45, 7) is 3.88. The summed E-state index contributed by atoms with van der Waals surface area (Å²) < 4.78 is 5.54. The molecule has 0 aromatic carbocycles. The van der Waals surface area contributed by atoms with Crippen LogP contribution in [-0.4, -0.2) is 47.7 Å². The Labute approximate surface area is 110 Å². The van der Waals surface area contributed by atoms with Crippen LogP contribution >= 0.6 is 0 Å². The average molecular weight is 267 g/mol. The summed E-state index contributed by atoms with van der Waals surface area (Å²) in [6, 6.07) is 0. The maximum Gasteiger partial charge on any atom is 0.353 e. The second-order valence-electron chi connectivity index (χ2n) is 4.38. The number of nitro groups is 1. The highest BCUT2D eigenvalue weighted by molar-refractivity contribution is 5.70. The highest BCUT2D eigenvalue weighted by atomic mass is 16.6. The van der Waals surface area contributed by atoms with Gasteiger partial charge in [0.15, 0.2) is 0 Å². The van der Waals surface area contributed by atoms with E-state index in [1.165, 1.54) is 6.33 Å². The minimum Gasteiger partial charge on any atom is -0.377 e. The van der Waals surface area contributed by atoms with E-state index < -0.39 is 4.92 Å². The van der Waals surface area contributed by atoms with Crippen LogP contribution in [0.2, 0.25) is 0 Å². The van der Waals surface area contributed by atoms with Crippen LogP contribution in [0.4, 0.5) is 17.3 Å². The standard InChI is InChI=1S/C11H17N5O3/c1-8-6-15(4-3-5-19-8)11-9(16(17)18)10(12-2)13-7-14-11/h7-8H,3-6H2,1-2H3,(H,12,13,14). The first-order valence-electron chi connectivity index (χ1n) is 6.17. The summed E-state index contributed by atoms with van der Waals surface area (Å²) in [5, 5.41) is 14.0. The van der Waals surface area contributed by atoms with E-state index in [0.717, 1.165) is 6.42 Å². The lowest BCUT2D eigenvalue weighted by atomic mass is 10.3. The molecule has 0 aliphatic carbocycles. The van der Waals surface area contributed by atoms with Crippen molar-refractivity contribution in [2.75, 3.05) is 37.0 Å². The van der Waals surface area contributed by atoms with E-state index in [0.29, 0.717) is 25.5 Å². The molecule has 0 spiro atoms. The Morgan fingerprint density at radius 2 is 2.37 bits per heavy atom. The summed E-state index contributed by atoms with van der Waals surface area (Å²) in [4.78, 5) is 20.7. The van der Waals surface area contributed by atoms with Gasteiger partial charge >= 0.3 is 5.69 Å². The first-order chi connectivity index (χ1) is 9.13. The van der Waals surface area contributed by atoms with Gasteiger partial charge in [0.25, 0.3) is 0 Å². The third kappa shape index (κ3) is 2.90. The molecule has 1 aromatic rings. The smallest absolute Gasteiger partial charge is 0.353 e. The molecular formula is C11H17N5O3. The quantitative estimate of drug-likeness (QED) is 0.646. The van der Waals surface area contributed by atoms with Crippen LogP contribution in [0.15, 0.2) is 6.33 Å². The largest absolute Gasteiger partial charge is 0.377 e. The van der Waals surface area contributed by atoms with Crippen LogP contribution in [-0.2, 0) is 4.74 Å². The molecule has 1 aromatic heterocycles. The zero-order chi connectivity index (χ0) is 13.8. The number of nitrogens with one attached hydrogen (secondary N) is 1. The van der Waals surface area contributed by atoms with Crippen LogP contribution < -0.4 is 10.2 Å². The van der Waals surface area contributed by atoms with E-state index in [2.05, 4.69) is 15.3 Å². The minimum absolute atomic E-state index is 0.0232. The molecule has 1 atom stereocenters. The second-order valence-corrected chi connectivity index (χ2v) is 4.38. The predicted octanol–water partition coefficient (Wildman–Crippen LogP) is 1.04.